The first-order chi connectivity index (χ1) is 10.0. The van der Waals surface area contributed by atoms with Crippen LogP contribution in [0.15, 0.2) is 0 Å². The van der Waals surface area contributed by atoms with Crippen molar-refractivity contribution in [2.24, 2.45) is 29.6 Å². The fraction of sp³-hybridized carbons (Fsp3) is 0.944. The molecule has 0 saturated heterocycles. The van der Waals surface area contributed by atoms with Gasteiger partial charge >= 0.3 is 0 Å². The summed E-state index contributed by atoms with van der Waals surface area (Å²) in [5.41, 5.74) is 0. The van der Waals surface area contributed by atoms with Gasteiger partial charge in [0.05, 0.1) is 13.0 Å². The van der Waals surface area contributed by atoms with Gasteiger partial charge in [-0.1, -0.05) is 13.8 Å². The number of carbonyl (C=O) groups excluding carboxylic acids is 1. The van der Waals surface area contributed by atoms with Crippen molar-refractivity contribution in [1.29, 1.82) is 0 Å². The molecule has 4 aliphatic rings. The number of hydrogen-bond donors (Lipinski definition) is 0. The summed E-state index contributed by atoms with van der Waals surface area (Å²) >= 11 is 0. The lowest BCUT2D eigenvalue weighted by Gasteiger charge is -2.56. The van der Waals surface area contributed by atoms with Crippen LogP contribution >= 0.6 is 0 Å². The Morgan fingerprint density at radius 1 is 1.10 bits per heavy atom. The van der Waals surface area contributed by atoms with E-state index in [0.29, 0.717) is 25.0 Å². The minimum atomic E-state index is 0.288. The Morgan fingerprint density at radius 2 is 1.67 bits per heavy atom. The van der Waals surface area contributed by atoms with Gasteiger partial charge in [-0.05, 0) is 61.7 Å². The number of rotatable bonds is 6. The maximum atomic E-state index is 12.5. The highest BCUT2D eigenvalue weighted by Gasteiger charge is 2.50. The Bertz CT molecular complexity index is 351. The van der Waals surface area contributed by atoms with Crippen molar-refractivity contribution in [2.45, 2.75) is 58.4 Å². The Kier molecular flexibility index (Phi) is 4.58. The van der Waals surface area contributed by atoms with E-state index in [4.69, 9.17) is 4.74 Å². The van der Waals surface area contributed by atoms with Crippen molar-refractivity contribution in [3.63, 3.8) is 0 Å². The third-order valence-corrected chi connectivity index (χ3v) is 5.93. The van der Waals surface area contributed by atoms with Crippen LogP contribution in [0.25, 0.3) is 0 Å². The van der Waals surface area contributed by atoms with Gasteiger partial charge in [0, 0.05) is 19.7 Å². The van der Waals surface area contributed by atoms with Gasteiger partial charge in [-0.3, -0.25) is 4.79 Å². The van der Waals surface area contributed by atoms with Gasteiger partial charge in [-0.2, -0.15) is 0 Å². The van der Waals surface area contributed by atoms with E-state index in [-0.39, 0.29) is 5.91 Å². The zero-order valence-corrected chi connectivity index (χ0v) is 13.9. The molecular formula is C18H31NO2. The molecule has 0 aromatic carbocycles. The molecule has 3 heteroatoms. The van der Waals surface area contributed by atoms with Crippen LogP contribution in [-0.2, 0) is 9.53 Å². The van der Waals surface area contributed by atoms with E-state index in [1.165, 1.54) is 32.1 Å². The predicted octanol–water partition coefficient (Wildman–Crippen LogP) is 3.33. The molecule has 120 valence electrons. The molecule has 3 nitrogen and oxygen atoms in total. The van der Waals surface area contributed by atoms with Crippen molar-refractivity contribution in [3.05, 3.63) is 0 Å². The van der Waals surface area contributed by atoms with E-state index < -0.39 is 0 Å². The molecule has 0 aliphatic heterocycles. The number of carbonyl (C=O) groups is 1. The van der Waals surface area contributed by atoms with Gasteiger partial charge in [0.1, 0.15) is 0 Å². The van der Waals surface area contributed by atoms with Crippen LogP contribution < -0.4 is 0 Å². The van der Waals surface area contributed by atoms with Crippen LogP contribution in [0.4, 0.5) is 0 Å². The van der Waals surface area contributed by atoms with Crippen LogP contribution in [0, 0.1) is 29.6 Å². The molecule has 4 fully saturated rings. The Hall–Kier alpha value is -0.570. The normalized spacial score (nSPS) is 37.2. The maximum absolute atomic E-state index is 12.5. The molecule has 0 spiro atoms. The zero-order chi connectivity index (χ0) is 15.0. The van der Waals surface area contributed by atoms with Gasteiger partial charge in [-0.15, -0.1) is 0 Å². The quantitative estimate of drug-likeness (QED) is 0.703. The van der Waals surface area contributed by atoms with Gasteiger partial charge < -0.3 is 9.64 Å². The van der Waals surface area contributed by atoms with Crippen molar-refractivity contribution in [1.82, 2.24) is 4.90 Å². The molecular weight excluding hydrogens is 262 g/mol. The Balaban J connectivity index is 1.50. The fourth-order valence-corrected chi connectivity index (χ4v) is 5.35. The summed E-state index contributed by atoms with van der Waals surface area (Å²) in [5.74, 6) is 4.35. The summed E-state index contributed by atoms with van der Waals surface area (Å²) in [6.07, 6.45) is 7.52. The molecule has 0 aromatic heterocycles. The molecule has 4 rings (SSSR count). The van der Waals surface area contributed by atoms with Crippen molar-refractivity contribution < 1.29 is 9.53 Å². The van der Waals surface area contributed by atoms with E-state index >= 15 is 0 Å². The first-order valence-electron chi connectivity index (χ1n) is 8.88. The van der Waals surface area contributed by atoms with E-state index in [2.05, 4.69) is 18.7 Å². The minimum absolute atomic E-state index is 0.288. The Labute approximate surface area is 129 Å². The van der Waals surface area contributed by atoms with Crippen molar-refractivity contribution in [3.8, 4) is 0 Å². The van der Waals surface area contributed by atoms with E-state index in [0.717, 1.165) is 30.3 Å². The average molecular weight is 293 g/mol. The lowest BCUT2D eigenvalue weighted by Crippen LogP contribution is -2.56. The highest BCUT2D eigenvalue weighted by molar-refractivity contribution is 5.76. The molecule has 21 heavy (non-hydrogen) atoms. The van der Waals surface area contributed by atoms with E-state index in [1.807, 2.05) is 7.05 Å². The maximum Gasteiger partial charge on any atom is 0.224 e. The van der Waals surface area contributed by atoms with E-state index in [1.54, 1.807) is 0 Å². The zero-order valence-electron chi connectivity index (χ0n) is 13.9. The van der Waals surface area contributed by atoms with Crippen molar-refractivity contribution in [2.75, 3.05) is 20.3 Å². The smallest absolute Gasteiger partial charge is 0.224 e. The fourth-order valence-electron chi connectivity index (χ4n) is 5.35. The highest BCUT2D eigenvalue weighted by Crippen LogP contribution is 2.54. The molecule has 4 aliphatic carbocycles. The molecule has 0 N–H and O–H groups in total. The van der Waals surface area contributed by atoms with Gasteiger partial charge in [-0.25, -0.2) is 0 Å². The summed E-state index contributed by atoms with van der Waals surface area (Å²) in [5, 5.41) is 0. The average Bonchev–Trinajstić information content (AvgIpc) is 2.41. The predicted molar refractivity (Wildman–Crippen MR) is 83.9 cm³/mol. The Morgan fingerprint density at radius 3 is 2.19 bits per heavy atom. The second-order valence-corrected chi connectivity index (χ2v) is 8.14. The van der Waals surface area contributed by atoms with Crippen LogP contribution in [-0.4, -0.2) is 37.1 Å². The lowest BCUT2D eigenvalue weighted by atomic mass is 9.54. The third kappa shape index (κ3) is 3.28. The van der Waals surface area contributed by atoms with Gasteiger partial charge in [0.25, 0.3) is 0 Å². The second kappa shape index (κ2) is 6.28. The third-order valence-electron chi connectivity index (χ3n) is 5.93. The van der Waals surface area contributed by atoms with E-state index in [9.17, 15) is 4.79 Å². The lowest BCUT2D eigenvalue weighted by molar-refractivity contribution is -0.142. The standard InChI is InChI=1S/C18H31NO2/c1-12(2)11-21-5-4-17(20)19(3)18-15-7-13-6-14(9-15)10-16(18)8-13/h12-16,18H,4-11H2,1-3H3. The van der Waals surface area contributed by atoms with Crippen LogP contribution in [0.2, 0.25) is 0 Å². The molecule has 0 heterocycles. The van der Waals surface area contributed by atoms with Crippen molar-refractivity contribution >= 4 is 5.91 Å². The van der Waals surface area contributed by atoms with Crippen LogP contribution in [0.3, 0.4) is 0 Å². The van der Waals surface area contributed by atoms with Gasteiger partial charge in [0.2, 0.25) is 5.91 Å². The molecule has 0 aromatic rings. The minimum Gasteiger partial charge on any atom is -0.381 e. The summed E-state index contributed by atoms with van der Waals surface area (Å²) in [6, 6.07) is 0.524. The SMILES string of the molecule is CC(C)COCCC(=O)N(C)C1C2CC3CC(C2)CC1C3. The molecule has 4 bridgehead atoms. The number of nitrogens with zero attached hydrogens (tertiary/aromatic N) is 1. The van der Waals surface area contributed by atoms with Gasteiger partial charge in [0.15, 0.2) is 0 Å². The van der Waals surface area contributed by atoms with Crippen LogP contribution in [0.5, 0.6) is 0 Å². The summed E-state index contributed by atoms with van der Waals surface area (Å²) < 4.78 is 5.57. The molecule has 1 amide bonds. The van der Waals surface area contributed by atoms with Crippen LogP contribution in [0.1, 0.15) is 52.4 Å². The summed E-state index contributed by atoms with van der Waals surface area (Å²) in [4.78, 5) is 14.5. The molecule has 0 atom stereocenters. The number of amides is 1. The largest absolute Gasteiger partial charge is 0.381 e. The monoisotopic (exact) mass is 293 g/mol. The summed E-state index contributed by atoms with van der Waals surface area (Å²) in [7, 11) is 2.04. The first kappa shape index (κ1) is 15.3. The number of hydrogen-bond acceptors (Lipinski definition) is 2. The highest BCUT2D eigenvalue weighted by atomic mass is 16.5. The molecule has 0 unspecified atom stereocenters. The second-order valence-electron chi connectivity index (χ2n) is 8.14. The first-order valence-corrected chi connectivity index (χ1v) is 8.88. The number of ether oxygens (including phenoxy) is 1. The molecule has 0 radical (unpaired) electrons. The molecule has 4 saturated carbocycles. The topological polar surface area (TPSA) is 29.5 Å². The summed E-state index contributed by atoms with van der Waals surface area (Å²) in [6.45, 7) is 5.62.